The monoisotopic (exact) mass is 314 g/mol. The van der Waals surface area contributed by atoms with Gasteiger partial charge in [0.15, 0.2) is 11.6 Å². The topological polar surface area (TPSA) is 55.2 Å². The quantitative estimate of drug-likeness (QED) is 0.673. The first-order chi connectivity index (χ1) is 11.2. The summed E-state index contributed by atoms with van der Waals surface area (Å²) in [6.07, 6.45) is 9.52. The molecule has 4 nitrogen and oxygen atoms in total. The van der Waals surface area contributed by atoms with E-state index in [1.54, 1.807) is 36.7 Å². The summed E-state index contributed by atoms with van der Waals surface area (Å²) < 4.78 is 5.68. The summed E-state index contributed by atoms with van der Waals surface area (Å²) >= 11 is 0. The van der Waals surface area contributed by atoms with Gasteiger partial charge in [-0.15, -0.1) is 0 Å². The molecule has 4 heteroatoms. The van der Waals surface area contributed by atoms with Gasteiger partial charge in [-0.3, -0.25) is 0 Å². The molecular formula is C19H26N2O2. The molecule has 0 aliphatic carbocycles. The molecule has 124 valence electrons. The predicted octanol–water partition coefficient (Wildman–Crippen LogP) is 4.83. The van der Waals surface area contributed by atoms with Crippen molar-refractivity contribution in [1.29, 1.82) is 0 Å². The highest BCUT2D eigenvalue weighted by Gasteiger charge is 2.03. The van der Waals surface area contributed by atoms with Crippen molar-refractivity contribution in [3.8, 4) is 22.9 Å². The molecule has 0 aliphatic heterocycles. The number of hydrogen-bond donors (Lipinski definition) is 1. The van der Waals surface area contributed by atoms with E-state index >= 15 is 0 Å². The molecule has 1 atom stereocenters. The van der Waals surface area contributed by atoms with Crippen LogP contribution in [0.3, 0.4) is 0 Å². The highest BCUT2D eigenvalue weighted by molar-refractivity contribution is 5.55. The van der Waals surface area contributed by atoms with Gasteiger partial charge in [0.2, 0.25) is 0 Å². The summed E-state index contributed by atoms with van der Waals surface area (Å²) in [5, 5.41) is 9.29. The van der Waals surface area contributed by atoms with Crippen LogP contribution in [0.4, 0.5) is 0 Å². The normalized spacial score (nSPS) is 12.1. The van der Waals surface area contributed by atoms with Crippen molar-refractivity contribution in [3.05, 3.63) is 36.7 Å². The first kappa shape index (κ1) is 17.3. The molecule has 1 heterocycles. The first-order valence-electron chi connectivity index (χ1n) is 8.43. The average molecular weight is 314 g/mol. The molecule has 0 amide bonds. The molecule has 0 fully saturated rings. The third-order valence-electron chi connectivity index (χ3n) is 4.06. The Labute approximate surface area is 138 Å². The highest BCUT2D eigenvalue weighted by atomic mass is 16.5. The zero-order valence-electron chi connectivity index (χ0n) is 14.0. The number of unbranched alkanes of at least 4 members (excludes halogenated alkanes) is 2. The third-order valence-corrected chi connectivity index (χ3v) is 4.06. The van der Waals surface area contributed by atoms with E-state index in [4.69, 9.17) is 4.74 Å². The van der Waals surface area contributed by atoms with Crippen molar-refractivity contribution < 1.29 is 9.84 Å². The summed E-state index contributed by atoms with van der Waals surface area (Å²) in [5.41, 5.74) is 0.874. The second-order valence-electron chi connectivity index (χ2n) is 6.00. The second-order valence-corrected chi connectivity index (χ2v) is 6.00. The lowest BCUT2D eigenvalue weighted by Crippen LogP contribution is -2.00. The number of aromatic nitrogens is 2. The standard InChI is InChI=1S/C19H26N2O2/c1-3-15(2)7-5-4-6-12-23-18-13-20-19(21-14-18)16-8-10-17(22)11-9-16/h8-11,13-15,22H,3-7,12H2,1-2H3/t15-/m0/s1. The van der Waals surface area contributed by atoms with Crippen molar-refractivity contribution in [3.63, 3.8) is 0 Å². The van der Waals surface area contributed by atoms with Crippen LogP contribution >= 0.6 is 0 Å². The number of hydrogen-bond acceptors (Lipinski definition) is 4. The SMILES string of the molecule is CC[C@H](C)CCCCCOc1cnc(-c2ccc(O)cc2)nc1. The molecule has 1 aromatic carbocycles. The van der Waals surface area contributed by atoms with Gasteiger partial charge in [-0.25, -0.2) is 9.97 Å². The van der Waals surface area contributed by atoms with E-state index in [1.807, 2.05) is 0 Å². The number of nitrogens with zero attached hydrogens (tertiary/aromatic N) is 2. The number of ether oxygens (including phenoxy) is 1. The van der Waals surface area contributed by atoms with Crippen molar-refractivity contribution >= 4 is 0 Å². The van der Waals surface area contributed by atoms with Gasteiger partial charge in [-0.2, -0.15) is 0 Å². The minimum absolute atomic E-state index is 0.238. The summed E-state index contributed by atoms with van der Waals surface area (Å²) in [6.45, 7) is 5.27. The number of benzene rings is 1. The fourth-order valence-electron chi connectivity index (χ4n) is 2.32. The molecule has 23 heavy (non-hydrogen) atoms. The molecule has 0 bridgehead atoms. The maximum absolute atomic E-state index is 9.29. The number of aromatic hydroxyl groups is 1. The van der Waals surface area contributed by atoms with Crippen molar-refractivity contribution in [2.75, 3.05) is 6.61 Å². The van der Waals surface area contributed by atoms with Gasteiger partial charge in [0.1, 0.15) is 5.75 Å². The summed E-state index contributed by atoms with van der Waals surface area (Å²) in [7, 11) is 0. The van der Waals surface area contributed by atoms with Crippen molar-refractivity contribution in [2.24, 2.45) is 5.92 Å². The first-order valence-corrected chi connectivity index (χ1v) is 8.43. The minimum atomic E-state index is 0.238. The van der Waals surface area contributed by atoms with E-state index in [2.05, 4.69) is 23.8 Å². The number of phenols is 1. The average Bonchev–Trinajstić information content (AvgIpc) is 2.59. The van der Waals surface area contributed by atoms with Crippen LogP contribution in [-0.4, -0.2) is 21.7 Å². The lowest BCUT2D eigenvalue weighted by atomic mass is 10.0. The fraction of sp³-hybridized carbons (Fsp3) is 0.474. The Bertz CT molecular complexity index is 567. The molecule has 2 rings (SSSR count). The van der Waals surface area contributed by atoms with Crippen molar-refractivity contribution in [1.82, 2.24) is 9.97 Å². The lowest BCUT2D eigenvalue weighted by Gasteiger charge is -2.08. The van der Waals surface area contributed by atoms with Crippen LogP contribution in [0.2, 0.25) is 0 Å². The number of phenolic OH excluding ortho intramolecular Hbond substituents is 1. The van der Waals surface area contributed by atoms with Gasteiger partial charge in [0, 0.05) is 5.56 Å². The summed E-state index contributed by atoms with van der Waals surface area (Å²) in [5.74, 6) is 2.40. The maximum Gasteiger partial charge on any atom is 0.159 e. The smallest absolute Gasteiger partial charge is 0.159 e. The van der Waals surface area contributed by atoms with E-state index < -0.39 is 0 Å². The summed E-state index contributed by atoms with van der Waals surface area (Å²) in [4.78, 5) is 8.62. The van der Waals surface area contributed by atoms with E-state index in [0.29, 0.717) is 18.2 Å². The van der Waals surface area contributed by atoms with Crippen LogP contribution in [0.5, 0.6) is 11.5 Å². The second kappa shape index (κ2) is 9.13. The van der Waals surface area contributed by atoms with E-state index in [-0.39, 0.29) is 5.75 Å². The van der Waals surface area contributed by atoms with Crippen LogP contribution in [-0.2, 0) is 0 Å². The third kappa shape index (κ3) is 5.89. The zero-order valence-corrected chi connectivity index (χ0v) is 14.0. The lowest BCUT2D eigenvalue weighted by molar-refractivity contribution is 0.300. The minimum Gasteiger partial charge on any atom is -0.508 e. The largest absolute Gasteiger partial charge is 0.508 e. The Hall–Kier alpha value is -2.10. The Morgan fingerprint density at radius 1 is 1.04 bits per heavy atom. The van der Waals surface area contributed by atoms with Gasteiger partial charge < -0.3 is 9.84 Å². The van der Waals surface area contributed by atoms with E-state index in [9.17, 15) is 5.11 Å². The predicted molar refractivity (Wildman–Crippen MR) is 92.6 cm³/mol. The van der Waals surface area contributed by atoms with Gasteiger partial charge in [-0.1, -0.05) is 39.5 Å². The molecule has 0 radical (unpaired) electrons. The molecular weight excluding hydrogens is 288 g/mol. The van der Waals surface area contributed by atoms with Gasteiger partial charge in [0.05, 0.1) is 19.0 Å². The Morgan fingerprint density at radius 3 is 2.39 bits per heavy atom. The van der Waals surface area contributed by atoms with Crippen LogP contribution in [0.15, 0.2) is 36.7 Å². The molecule has 0 saturated carbocycles. The van der Waals surface area contributed by atoms with E-state index in [0.717, 1.165) is 17.9 Å². The van der Waals surface area contributed by atoms with Gasteiger partial charge in [-0.05, 0) is 36.6 Å². The molecule has 2 aromatic rings. The maximum atomic E-state index is 9.29. The summed E-state index contributed by atoms with van der Waals surface area (Å²) in [6, 6.07) is 6.84. The fourth-order valence-corrected chi connectivity index (χ4v) is 2.32. The highest BCUT2D eigenvalue weighted by Crippen LogP contribution is 2.19. The molecule has 0 aliphatic rings. The van der Waals surface area contributed by atoms with Gasteiger partial charge >= 0.3 is 0 Å². The van der Waals surface area contributed by atoms with Crippen LogP contribution in [0.1, 0.15) is 46.0 Å². The van der Waals surface area contributed by atoms with Gasteiger partial charge in [0.25, 0.3) is 0 Å². The molecule has 0 spiro atoms. The van der Waals surface area contributed by atoms with Crippen LogP contribution in [0, 0.1) is 5.92 Å². The zero-order chi connectivity index (χ0) is 16.5. The molecule has 1 aromatic heterocycles. The van der Waals surface area contributed by atoms with E-state index in [1.165, 1.54) is 25.7 Å². The Balaban J connectivity index is 1.72. The van der Waals surface area contributed by atoms with Crippen molar-refractivity contribution in [2.45, 2.75) is 46.0 Å². The van der Waals surface area contributed by atoms with Crippen LogP contribution in [0.25, 0.3) is 11.4 Å². The molecule has 1 N–H and O–H groups in total. The Kier molecular flexibility index (Phi) is 6.85. The van der Waals surface area contributed by atoms with Crippen LogP contribution < -0.4 is 4.74 Å². The number of rotatable bonds is 9. The Morgan fingerprint density at radius 2 is 1.74 bits per heavy atom. The molecule has 0 unspecified atom stereocenters. The molecule has 0 saturated heterocycles.